The van der Waals surface area contributed by atoms with Crippen molar-refractivity contribution in [3.8, 4) is 0 Å². The number of hydrogen-bond donors (Lipinski definition) is 1. The standard InChI is InChI=1S/C19H22ClFN2O3S2/c1-28(25,26)23(17-8-4-7-16(21)12-17)13-19(24)22-10-5-11-27-14-15-6-2-3-9-18(15)20/h2-4,6-9,12H,5,10-11,13-14H2,1H3,(H,22,24). The number of carbonyl (C=O) groups excluding carboxylic acids is 1. The van der Waals surface area contributed by atoms with E-state index >= 15 is 0 Å². The monoisotopic (exact) mass is 444 g/mol. The van der Waals surface area contributed by atoms with Gasteiger partial charge < -0.3 is 5.32 Å². The minimum atomic E-state index is -3.71. The summed E-state index contributed by atoms with van der Waals surface area (Å²) in [4.78, 5) is 12.1. The summed E-state index contributed by atoms with van der Waals surface area (Å²) in [5.41, 5.74) is 1.19. The first-order chi connectivity index (χ1) is 13.3. The van der Waals surface area contributed by atoms with Gasteiger partial charge in [0.2, 0.25) is 15.9 Å². The second-order valence-electron chi connectivity index (χ2n) is 6.10. The van der Waals surface area contributed by atoms with Crippen LogP contribution in [0.25, 0.3) is 0 Å². The Bertz CT molecular complexity index is 910. The maximum Gasteiger partial charge on any atom is 0.240 e. The van der Waals surface area contributed by atoms with E-state index in [1.54, 1.807) is 11.8 Å². The van der Waals surface area contributed by atoms with Gasteiger partial charge >= 0.3 is 0 Å². The lowest BCUT2D eigenvalue weighted by Crippen LogP contribution is -2.40. The summed E-state index contributed by atoms with van der Waals surface area (Å²) in [5, 5.41) is 3.44. The molecule has 0 aromatic heterocycles. The van der Waals surface area contributed by atoms with Crippen molar-refractivity contribution in [1.29, 1.82) is 0 Å². The number of benzene rings is 2. The van der Waals surface area contributed by atoms with Gasteiger partial charge in [0, 0.05) is 17.3 Å². The summed E-state index contributed by atoms with van der Waals surface area (Å²) in [6.07, 6.45) is 1.72. The molecule has 0 spiro atoms. The largest absolute Gasteiger partial charge is 0.354 e. The maximum absolute atomic E-state index is 13.4. The summed E-state index contributed by atoms with van der Waals surface area (Å²) in [6, 6.07) is 12.8. The van der Waals surface area contributed by atoms with E-state index in [1.807, 2.05) is 24.3 Å². The second-order valence-corrected chi connectivity index (χ2v) is 9.52. The predicted octanol–water partition coefficient (Wildman–Crippen LogP) is 3.68. The average molecular weight is 445 g/mol. The molecule has 1 N–H and O–H groups in total. The SMILES string of the molecule is CS(=O)(=O)N(CC(=O)NCCCSCc1ccccc1Cl)c1cccc(F)c1. The molecule has 0 fully saturated rings. The summed E-state index contributed by atoms with van der Waals surface area (Å²) in [5.74, 6) is 0.605. The normalized spacial score (nSPS) is 11.2. The van der Waals surface area contributed by atoms with Gasteiger partial charge in [0.1, 0.15) is 12.4 Å². The van der Waals surface area contributed by atoms with Crippen LogP contribution in [0.2, 0.25) is 5.02 Å². The van der Waals surface area contributed by atoms with Crippen LogP contribution in [0.4, 0.5) is 10.1 Å². The summed E-state index contributed by atoms with van der Waals surface area (Å²) in [6.45, 7) is 0.0319. The second kappa shape index (κ2) is 10.7. The number of sulfonamides is 1. The van der Waals surface area contributed by atoms with Crippen molar-refractivity contribution in [2.45, 2.75) is 12.2 Å². The number of rotatable bonds is 10. The van der Waals surface area contributed by atoms with Crippen molar-refractivity contribution < 1.29 is 17.6 Å². The number of amides is 1. The lowest BCUT2D eigenvalue weighted by molar-refractivity contribution is -0.119. The Kier molecular flexibility index (Phi) is 8.59. The van der Waals surface area contributed by atoms with Crippen LogP contribution in [0.15, 0.2) is 48.5 Å². The Morgan fingerprint density at radius 2 is 1.96 bits per heavy atom. The van der Waals surface area contributed by atoms with Gasteiger partial charge in [0.15, 0.2) is 0 Å². The fourth-order valence-corrected chi connectivity index (χ4v) is 4.51. The molecule has 0 saturated carbocycles. The van der Waals surface area contributed by atoms with Crippen molar-refractivity contribution in [2.24, 2.45) is 0 Å². The molecule has 2 aromatic rings. The molecule has 9 heteroatoms. The molecule has 152 valence electrons. The number of hydrogen-bond acceptors (Lipinski definition) is 4. The quantitative estimate of drug-likeness (QED) is 0.567. The third-order valence-corrected chi connectivity index (χ3v) is 6.39. The molecular formula is C19H22ClFN2O3S2. The number of nitrogens with one attached hydrogen (secondary N) is 1. The Morgan fingerprint density at radius 3 is 2.64 bits per heavy atom. The maximum atomic E-state index is 13.4. The van der Waals surface area contributed by atoms with E-state index in [9.17, 15) is 17.6 Å². The molecule has 0 bridgehead atoms. The fourth-order valence-electron chi connectivity index (χ4n) is 2.42. The van der Waals surface area contributed by atoms with E-state index in [2.05, 4.69) is 5.32 Å². The Morgan fingerprint density at radius 1 is 1.21 bits per heavy atom. The lowest BCUT2D eigenvalue weighted by Gasteiger charge is -2.21. The lowest BCUT2D eigenvalue weighted by atomic mass is 10.2. The van der Waals surface area contributed by atoms with E-state index < -0.39 is 28.3 Å². The zero-order valence-electron chi connectivity index (χ0n) is 15.4. The van der Waals surface area contributed by atoms with Crippen LogP contribution in [0.3, 0.4) is 0 Å². The van der Waals surface area contributed by atoms with Crippen LogP contribution >= 0.6 is 23.4 Å². The number of halogens is 2. The molecule has 0 unspecified atom stereocenters. The Hall–Kier alpha value is -1.77. The van der Waals surface area contributed by atoms with Crippen LogP contribution in [0, 0.1) is 5.82 Å². The first-order valence-electron chi connectivity index (χ1n) is 8.58. The van der Waals surface area contributed by atoms with Gasteiger partial charge in [-0.1, -0.05) is 35.9 Å². The topological polar surface area (TPSA) is 66.5 Å². The molecular weight excluding hydrogens is 423 g/mol. The third kappa shape index (κ3) is 7.33. The summed E-state index contributed by atoms with van der Waals surface area (Å²) >= 11 is 7.81. The highest BCUT2D eigenvalue weighted by atomic mass is 35.5. The molecule has 0 saturated heterocycles. The van der Waals surface area contributed by atoms with Crippen LogP contribution in [-0.4, -0.2) is 39.4 Å². The molecule has 0 radical (unpaired) electrons. The molecule has 0 aliphatic heterocycles. The molecule has 0 aliphatic rings. The van der Waals surface area contributed by atoms with Crippen molar-refractivity contribution in [3.05, 3.63) is 64.9 Å². The minimum absolute atomic E-state index is 0.118. The van der Waals surface area contributed by atoms with Crippen LogP contribution < -0.4 is 9.62 Å². The number of thioether (sulfide) groups is 1. The number of anilines is 1. The smallest absolute Gasteiger partial charge is 0.240 e. The van der Waals surface area contributed by atoms with Crippen molar-refractivity contribution in [2.75, 3.05) is 29.4 Å². The summed E-state index contributed by atoms with van der Waals surface area (Å²) in [7, 11) is -3.71. The fraction of sp³-hybridized carbons (Fsp3) is 0.316. The van der Waals surface area contributed by atoms with E-state index in [4.69, 9.17) is 11.6 Å². The third-order valence-electron chi connectivity index (χ3n) is 3.79. The van der Waals surface area contributed by atoms with Crippen LogP contribution in [-0.2, 0) is 20.6 Å². The van der Waals surface area contributed by atoms with Crippen LogP contribution in [0.5, 0.6) is 0 Å². The van der Waals surface area contributed by atoms with Gasteiger partial charge in [-0.2, -0.15) is 11.8 Å². The zero-order valence-corrected chi connectivity index (χ0v) is 17.8. The highest BCUT2D eigenvalue weighted by molar-refractivity contribution is 7.98. The van der Waals surface area contributed by atoms with Crippen molar-refractivity contribution in [3.63, 3.8) is 0 Å². The van der Waals surface area contributed by atoms with Gasteiger partial charge in [-0.3, -0.25) is 9.10 Å². The van der Waals surface area contributed by atoms with Gasteiger partial charge in [-0.15, -0.1) is 0 Å². The first kappa shape index (κ1) is 22.5. The molecule has 5 nitrogen and oxygen atoms in total. The van der Waals surface area contributed by atoms with E-state index in [-0.39, 0.29) is 5.69 Å². The van der Waals surface area contributed by atoms with Gasteiger partial charge in [-0.05, 0) is 42.0 Å². The molecule has 0 atom stereocenters. The molecule has 2 aromatic carbocycles. The van der Waals surface area contributed by atoms with Crippen molar-refractivity contribution >= 4 is 45.0 Å². The molecule has 0 heterocycles. The highest BCUT2D eigenvalue weighted by Crippen LogP contribution is 2.21. The first-order valence-corrected chi connectivity index (χ1v) is 12.0. The molecule has 1 amide bonds. The zero-order chi connectivity index (χ0) is 20.6. The average Bonchev–Trinajstić information content (AvgIpc) is 2.63. The van der Waals surface area contributed by atoms with Gasteiger partial charge in [0.25, 0.3) is 0 Å². The number of carbonyl (C=O) groups is 1. The van der Waals surface area contributed by atoms with Crippen LogP contribution in [0.1, 0.15) is 12.0 Å². The van der Waals surface area contributed by atoms with Gasteiger partial charge in [0.05, 0.1) is 11.9 Å². The highest BCUT2D eigenvalue weighted by Gasteiger charge is 2.21. The number of nitrogens with zero attached hydrogens (tertiary/aromatic N) is 1. The van der Waals surface area contributed by atoms with Gasteiger partial charge in [-0.25, -0.2) is 12.8 Å². The molecule has 0 aliphatic carbocycles. The van der Waals surface area contributed by atoms with E-state index in [0.29, 0.717) is 6.54 Å². The summed E-state index contributed by atoms with van der Waals surface area (Å²) < 4.78 is 38.2. The Labute approximate surface area is 174 Å². The Balaban J connectivity index is 1.76. The predicted molar refractivity (Wildman–Crippen MR) is 114 cm³/mol. The van der Waals surface area contributed by atoms with E-state index in [0.717, 1.165) is 45.1 Å². The molecule has 2 rings (SSSR count). The van der Waals surface area contributed by atoms with Crippen molar-refractivity contribution in [1.82, 2.24) is 5.32 Å². The molecule has 28 heavy (non-hydrogen) atoms. The van der Waals surface area contributed by atoms with E-state index in [1.165, 1.54) is 18.2 Å². The minimum Gasteiger partial charge on any atom is -0.354 e.